The summed E-state index contributed by atoms with van der Waals surface area (Å²) in [5.41, 5.74) is 8.07. The van der Waals surface area contributed by atoms with Crippen molar-refractivity contribution in [1.82, 2.24) is 10.2 Å². The van der Waals surface area contributed by atoms with Crippen LogP contribution >= 0.6 is 0 Å². The number of carbonyl (C=O) groups excluding carboxylic acids is 1. The van der Waals surface area contributed by atoms with Crippen LogP contribution in [0, 0.1) is 6.92 Å². The zero-order valence-corrected chi connectivity index (χ0v) is 13.7. The van der Waals surface area contributed by atoms with Crippen molar-refractivity contribution in [3.63, 3.8) is 0 Å². The molecule has 0 saturated carbocycles. The van der Waals surface area contributed by atoms with Gasteiger partial charge in [0.25, 0.3) is 0 Å². The van der Waals surface area contributed by atoms with Gasteiger partial charge in [-0.25, -0.2) is 0 Å². The van der Waals surface area contributed by atoms with E-state index in [-0.39, 0.29) is 18.0 Å². The number of hydrogen-bond acceptors (Lipinski definition) is 4. The Morgan fingerprint density at radius 1 is 1.23 bits per heavy atom. The zero-order chi connectivity index (χ0) is 16.1. The molecule has 0 radical (unpaired) electrons. The summed E-state index contributed by atoms with van der Waals surface area (Å²) in [7, 11) is 0. The smallest absolute Gasteiger partial charge is 0.241 e. The Hall–Kier alpha value is -1.43. The number of carbonyl (C=O) groups is 1. The summed E-state index contributed by atoms with van der Waals surface area (Å²) in [6, 6.07) is 7.45. The van der Waals surface area contributed by atoms with Crippen molar-refractivity contribution in [3.05, 3.63) is 35.4 Å². The van der Waals surface area contributed by atoms with Gasteiger partial charge in [-0.15, -0.1) is 0 Å². The average Bonchev–Trinajstić information content (AvgIpc) is 2.54. The van der Waals surface area contributed by atoms with Crippen LogP contribution in [0.5, 0.6) is 0 Å². The number of benzene rings is 1. The first-order valence-electron chi connectivity index (χ1n) is 7.93. The molecule has 1 aromatic rings. The number of morpholine rings is 1. The Kier molecular flexibility index (Phi) is 5.94. The summed E-state index contributed by atoms with van der Waals surface area (Å²) in [5, 5.41) is 3.04. The third-order valence-corrected chi connectivity index (χ3v) is 4.43. The van der Waals surface area contributed by atoms with Gasteiger partial charge >= 0.3 is 0 Å². The fourth-order valence-electron chi connectivity index (χ4n) is 2.66. The van der Waals surface area contributed by atoms with E-state index in [9.17, 15) is 4.79 Å². The minimum atomic E-state index is -0.625. The van der Waals surface area contributed by atoms with E-state index >= 15 is 0 Å². The molecule has 0 spiro atoms. The molecule has 1 fully saturated rings. The molecule has 3 N–H and O–H groups in total. The highest BCUT2D eigenvalue weighted by Crippen LogP contribution is 2.13. The Morgan fingerprint density at radius 3 is 2.41 bits per heavy atom. The maximum Gasteiger partial charge on any atom is 0.241 e. The van der Waals surface area contributed by atoms with Crippen LogP contribution in [0.1, 0.15) is 31.0 Å². The summed E-state index contributed by atoms with van der Waals surface area (Å²) in [4.78, 5) is 14.7. The van der Waals surface area contributed by atoms with Crippen molar-refractivity contribution in [2.75, 3.05) is 26.3 Å². The van der Waals surface area contributed by atoms with Crippen molar-refractivity contribution in [1.29, 1.82) is 0 Å². The second kappa shape index (κ2) is 7.72. The molecule has 122 valence electrons. The van der Waals surface area contributed by atoms with Gasteiger partial charge in [0.1, 0.15) is 6.04 Å². The first kappa shape index (κ1) is 16.9. The van der Waals surface area contributed by atoms with Gasteiger partial charge in [0.2, 0.25) is 5.91 Å². The number of nitrogens with zero attached hydrogens (tertiary/aromatic N) is 1. The van der Waals surface area contributed by atoms with E-state index in [1.165, 1.54) is 0 Å². The highest BCUT2D eigenvalue weighted by atomic mass is 16.5. The largest absolute Gasteiger partial charge is 0.379 e. The quantitative estimate of drug-likeness (QED) is 0.858. The number of amides is 1. The molecule has 3 atom stereocenters. The van der Waals surface area contributed by atoms with Crippen molar-refractivity contribution in [3.8, 4) is 0 Å². The summed E-state index contributed by atoms with van der Waals surface area (Å²) in [6.07, 6.45) is 0. The fraction of sp³-hybridized carbons (Fsp3) is 0.588. The van der Waals surface area contributed by atoms with Gasteiger partial charge in [0.15, 0.2) is 0 Å². The van der Waals surface area contributed by atoms with Gasteiger partial charge in [-0.1, -0.05) is 29.8 Å². The molecule has 0 aromatic heterocycles. The Morgan fingerprint density at radius 2 is 1.82 bits per heavy atom. The normalized spacial score (nSPS) is 20.2. The van der Waals surface area contributed by atoms with E-state index in [1.54, 1.807) is 0 Å². The third kappa shape index (κ3) is 4.29. The second-order valence-electron chi connectivity index (χ2n) is 6.07. The van der Waals surface area contributed by atoms with Crippen LogP contribution in [-0.2, 0) is 9.53 Å². The standard InChI is InChI=1S/C17H27N3O2/c1-12-4-6-15(7-5-12)16(18)17(21)19-13(2)14(3)20-8-10-22-11-9-20/h4-7,13-14,16H,8-11,18H2,1-3H3,(H,19,21). The average molecular weight is 305 g/mol. The molecule has 1 amide bonds. The molecular formula is C17H27N3O2. The first-order valence-corrected chi connectivity index (χ1v) is 7.93. The maximum atomic E-state index is 12.3. The SMILES string of the molecule is Cc1ccc(C(N)C(=O)NC(C)C(C)N2CCOCC2)cc1. The summed E-state index contributed by atoms with van der Waals surface area (Å²) in [5.74, 6) is -0.128. The van der Waals surface area contributed by atoms with Crippen molar-refractivity contribution in [2.24, 2.45) is 5.73 Å². The Balaban J connectivity index is 1.90. The molecule has 0 aliphatic carbocycles. The summed E-state index contributed by atoms with van der Waals surface area (Å²) in [6.45, 7) is 9.51. The highest BCUT2D eigenvalue weighted by Gasteiger charge is 2.25. The monoisotopic (exact) mass is 305 g/mol. The number of aryl methyl sites for hydroxylation is 1. The van der Waals surface area contributed by atoms with Gasteiger partial charge in [-0.3, -0.25) is 9.69 Å². The lowest BCUT2D eigenvalue weighted by atomic mass is 10.0. The molecular weight excluding hydrogens is 278 g/mol. The number of rotatable bonds is 5. The van der Waals surface area contributed by atoms with Crippen molar-refractivity contribution < 1.29 is 9.53 Å². The molecule has 3 unspecified atom stereocenters. The minimum absolute atomic E-state index is 0.0436. The van der Waals surface area contributed by atoms with E-state index in [0.717, 1.165) is 37.4 Å². The lowest BCUT2D eigenvalue weighted by molar-refractivity contribution is -0.123. The van der Waals surface area contributed by atoms with Crippen LogP contribution in [-0.4, -0.2) is 49.2 Å². The molecule has 22 heavy (non-hydrogen) atoms. The summed E-state index contributed by atoms with van der Waals surface area (Å²) >= 11 is 0. The first-order chi connectivity index (χ1) is 10.5. The summed E-state index contributed by atoms with van der Waals surface area (Å²) < 4.78 is 5.37. The fourth-order valence-corrected chi connectivity index (χ4v) is 2.66. The Bertz CT molecular complexity index is 483. The third-order valence-electron chi connectivity index (χ3n) is 4.43. The van der Waals surface area contributed by atoms with E-state index in [1.807, 2.05) is 38.1 Å². The van der Waals surface area contributed by atoms with E-state index in [0.29, 0.717) is 0 Å². The van der Waals surface area contributed by atoms with Crippen LogP contribution in [0.2, 0.25) is 0 Å². The molecule has 0 bridgehead atoms. The predicted molar refractivity (Wildman–Crippen MR) is 87.6 cm³/mol. The molecule has 1 aliphatic heterocycles. The number of hydrogen-bond donors (Lipinski definition) is 2. The van der Waals surface area contributed by atoms with Crippen molar-refractivity contribution >= 4 is 5.91 Å². The van der Waals surface area contributed by atoms with Crippen molar-refractivity contribution in [2.45, 2.75) is 38.9 Å². The van der Waals surface area contributed by atoms with Gasteiger partial charge in [-0.2, -0.15) is 0 Å². The zero-order valence-electron chi connectivity index (χ0n) is 13.7. The van der Waals surface area contributed by atoms with E-state index < -0.39 is 6.04 Å². The molecule has 1 aromatic carbocycles. The Labute approximate surface area is 132 Å². The molecule has 2 rings (SSSR count). The molecule has 1 aliphatic rings. The van der Waals surface area contributed by atoms with Crippen LogP contribution in [0.15, 0.2) is 24.3 Å². The number of nitrogens with two attached hydrogens (primary N) is 1. The predicted octanol–water partition coefficient (Wildman–Crippen LogP) is 1.22. The second-order valence-corrected chi connectivity index (χ2v) is 6.07. The van der Waals surface area contributed by atoms with Crippen LogP contribution in [0.4, 0.5) is 0 Å². The highest BCUT2D eigenvalue weighted by molar-refractivity contribution is 5.83. The minimum Gasteiger partial charge on any atom is -0.379 e. The van der Waals surface area contributed by atoms with Gasteiger partial charge < -0.3 is 15.8 Å². The van der Waals surface area contributed by atoms with Gasteiger partial charge in [0, 0.05) is 25.2 Å². The topological polar surface area (TPSA) is 67.6 Å². The molecule has 1 heterocycles. The molecule has 5 heteroatoms. The maximum absolute atomic E-state index is 12.3. The lowest BCUT2D eigenvalue weighted by Crippen LogP contribution is -2.53. The lowest BCUT2D eigenvalue weighted by Gasteiger charge is -2.36. The van der Waals surface area contributed by atoms with Crippen LogP contribution in [0.25, 0.3) is 0 Å². The van der Waals surface area contributed by atoms with E-state index in [4.69, 9.17) is 10.5 Å². The number of ether oxygens (including phenoxy) is 1. The van der Waals surface area contributed by atoms with Gasteiger partial charge in [-0.05, 0) is 26.3 Å². The molecule has 1 saturated heterocycles. The molecule has 5 nitrogen and oxygen atoms in total. The van der Waals surface area contributed by atoms with Crippen LogP contribution in [0.3, 0.4) is 0 Å². The van der Waals surface area contributed by atoms with E-state index in [2.05, 4.69) is 17.1 Å². The van der Waals surface area contributed by atoms with Crippen LogP contribution < -0.4 is 11.1 Å². The number of nitrogens with one attached hydrogen (secondary N) is 1. The van der Waals surface area contributed by atoms with Gasteiger partial charge in [0.05, 0.1) is 13.2 Å².